The molecule has 1 N–H and O–H groups in total. The van der Waals surface area contributed by atoms with Gasteiger partial charge in [-0.2, -0.15) is 0 Å². The number of hydrogen-bond donors (Lipinski definition) is 1. The molecule has 1 aliphatic heterocycles. The van der Waals surface area contributed by atoms with Crippen molar-refractivity contribution < 1.29 is 23.8 Å². The largest absolute Gasteiger partial charge is 0.485 e. The number of hydrogen-bond acceptors (Lipinski definition) is 5. The van der Waals surface area contributed by atoms with E-state index in [9.17, 15) is 9.90 Å². The van der Waals surface area contributed by atoms with Gasteiger partial charge in [0.2, 0.25) is 5.88 Å². The highest BCUT2D eigenvalue weighted by atomic mass is 19.1. The molecule has 1 aliphatic carbocycles. The molecule has 0 amide bonds. The summed E-state index contributed by atoms with van der Waals surface area (Å²) in [5.74, 6) is 0.0396. The molecule has 7 heteroatoms. The van der Waals surface area contributed by atoms with E-state index in [1.807, 2.05) is 19.1 Å². The molecule has 42 heavy (non-hydrogen) atoms. The fraction of sp³-hybridized carbons (Fsp3) is 0.486. The minimum Gasteiger partial charge on any atom is -0.485 e. The van der Waals surface area contributed by atoms with Gasteiger partial charge < -0.3 is 14.6 Å². The molecule has 5 rings (SSSR count). The number of carboxylic acid groups (broad SMARTS) is 1. The number of aliphatic carboxylic acids is 1. The number of ether oxygens (including phenoxy) is 2. The molecule has 0 saturated heterocycles. The number of halogens is 1. The number of fused-ring (bicyclic) bond motifs is 1. The minimum atomic E-state index is -0.754. The molecule has 3 atom stereocenters. The first kappa shape index (κ1) is 30.0. The third-order valence-corrected chi connectivity index (χ3v) is 8.99. The second-order valence-corrected chi connectivity index (χ2v) is 12.5. The lowest BCUT2D eigenvalue weighted by Gasteiger charge is -2.32. The summed E-state index contributed by atoms with van der Waals surface area (Å²) in [7, 11) is 1.53. The average molecular weight is 575 g/mol. The Balaban J connectivity index is 1.50. The quantitative estimate of drug-likeness (QED) is 0.252. The van der Waals surface area contributed by atoms with Crippen LogP contribution in [0, 0.1) is 17.7 Å². The lowest BCUT2D eigenvalue weighted by atomic mass is 9.82. The van der Waals surface area contributed by atoms with Crippen molar-refractivity contribution in [1.82, 2.24) is 9.88 Å². The summed E-state index contributed by atoms with van der Waals surface area (Å²) >= 11 is 0. The predicted octanol–water partition coefficient (Wildman–Crippen LogP) is 7.80. The zero-order chi connectivity index (χ0) is 30.1. The third-order valence-electron chi connectivity index (χ3n) is 8.99. The Bertz CT molecular complexity index is 1430. The van der Waals surface area contributed by atoms with Gasteiger partial charge in [0.25, 0.3) is 0 Å². The molecule has 1 fully saturated rings. The molecule has 1 unspecified atom stereocenters. The standard InChI is InChI=1S/C35H43FN2O4/c1-20(2)38(21(3)4)19-27-15-25(11-13-28(27)29-17-33(41-6)37-18-30(29)36)31-14-12-23-7-10-26(16-32(23)42-31)34(24-8-9-24)22(5)35(39)40/h7,10-11,13,15-18,20-22,24,31,34H,8-9,12,14,19H2,1-6H3,(H,39,40)/t22-,31?,34-/m0/s1. The van der Waals surface area contributed by atoms with Crippen LogP contribution in [0.4, 0.5) is 4.39 Å². The van der Waals surface area contributed by atoms with Crippen LogP contribution in [0.5, 0.6) is 11.6 Å². The molecule has 2 heterocycles. The van der Waals surface area contributed by atoms with E-state index in [0.29, 0.717) is 36.0 Å². The second kappa shape index (κ2) is 12.4. The normalized spacial score (nSPS) is 18.1. The number of rotatable bonds is 11. The van der Waals surface area contributed by atoms with Crippen LogP contribution in [-0.2, 0) is 17.8 Å². The topological polar surface area (TPSA) is 71.9 Å². The van der Waals surface area contributed by atoms with Crippen LogP contribution in [-0.4, -0.2) is 40.2 Å². The van der Waals surface area contributed by atoms with Crippen molar-refractivity contribution >= 4 is 5.97 Å². The molecule has 224 valence electrons. The van der Waals surface area contributed by atoms with Crippen molar-refractivity contribution in [3.8, 4) is 22.8 Å². The summed E-state index contributed by atoms with van der Waals surface area (Å²) in [5, 5.41) is 9.76. The molecule has 0 bridgehead atoms. The van der Waals surface area contributed by atoms with Crippen molar-refractivity contribution in [2.75, 3.05) is 7.11 Å². The molecular formula is C35H43FN2O4. The van der Waals surface area contributed by atoms with E-state index in [-0.39, 0.29) is 17.8 Å². The van der Waals surface area contributed by atoms with Gasteiger partial charge in [-0.1, -0.05) is 37.3 Å². The molecule has 3 aromatic rings. The number of aryl methyl sites for hydroxylation is 1. The number of pyridine rings is 1. The van der Waals surface area contributed by atoms with Gasteiger partial charge in [0.1, 0.15) is 17.7 Å². The first-order valence-electron chi connectivity index (χ1n) is 15.2. The van der Waals surface area contributed by atoms with E-state index in [2.05, 4.69) is 61.8 Å². The minimum absolute atomic E-state index is 0.00652. The summed E-state index contributed by atoms with van der Waals surface area (Å²) in [6, 6.07) is 14.8. The number of carbonyl (C=O) groups is 1. The van der Waals surface area contributed by atoms with E-state index in [4.69, 9.17) is 9.47 Å². The third kappa shape index (κ3) is 6.31. The zero-order valence-electron chi connectivity index (χ0n) is 25.6. The second-order valence-electron chi connectivity index (χ2n) is 12.5. The highest BCUT2D eigenvalue weighted by molar-refractivity contribution is 5.71. The lowest BCUT2D eigenvalue weighted by Crippen LogP contribution is -2.36. The van der Waals surface area contributed by atoms with Gasteiger partial charge in [0, 0.05) is 30.3 Å². The molecular weight excluding hydrogens is 531 g/mol. The highest BCUT2D eigenvalue weighted by Gasteiger charge is 2.39. The highest BCUT2D eigenvalue weighted by Crippen LogP contribution is 2.48. The maximum absolute atomic E-state index is 15.1. The first-order chi connectivity index (χ1) is 20.1. The fourth-order valence-corrected chi connectivity index (χ4v) is 6.51. The maximum atomic E-state index is 15.1. The maximum Gasteiger partial charge on any atom is 0.306 e. The Kier molecular flexibility index (Phi) is 8.88. The molecule has 6 nitrogen and oxygen atoms in total. The van der Waals surface area contributed by atoms with E-state index in [1.54, 1.807) is 6.07 Å². The van der Waals surface area contributed by atoms with E-state index >= 15 is 4.39 Å². The van der Waals surface area contributed by atoms with Crippen molar-refractivity contribution in [2.24, 2.45) is 11.8 Å². The Morgan fingerprint density at radius 2 is 1.79 bits per heavy atom. The summed E-state index contributed by atoms with van der Waals surface area (Å²) in [4.78, 5) is 18.3. The average Bonchev–Trinajstić information content (AvgIpc) is 3.80. The van der Waals surface area contributed by atoms with Crippen molar-refractivity contribution in [3.05, 3.63) is 76.7 Å². The molecule has 2 aliphatic rings. The number of benzene rings is 2. The Hall–Kier alpha value is -3.45. The van der Waals surface area contributed by atoms with Crippen LogP contribution in [0.25, 0.3) is 11.1 Å². The zero-order valence-corrected chi connectivity index (χ0v) is 25.6. The predicted molar refractivity (Wildman–Crippen MR) is 162 cm³/mol. The fourth-order valence-electron chi connectivity index (χ4n) is 6.51. The molecule has 0 radical (unpaired) electrons. The Morgan fingerprint density at radius 1 is 1.05 bits per heavy atom. The van der Waals surface area contributed by atoms with Crippen LogP contribution in [0.1, 0.15) is 88.2 Å². The van der Waals surface area contributed by atoms with Crippen molar-refractivity contribution in [3.63, 3.8) is 0 Å². The van der Waals surface area contributed by atoms with Crippen LogP contribution in [0.2, 0.25) is 0 Å². The SMILES string of the molecule is COc1cc(-c2ccc(C3CCc4ccc([C@H](C5CC5)[C@H](C)C(=O)O)cc4O3)cc2CN(C(C)C)C(C)C)c(F)cn1. The van der Waals surface area contributed by atoms with E-state index in [1.165, 1.54) is 13.3 Å². The number of carboxylic acids is 1. The van der Waals surface area contributed by atoms with Crippen LogP contribution in [0.15, 0.2) is 48.7 Å². The van der Waals surface area contributed by atoms with Crippen molar-refractivity contribution in [2.45, 2.75) is 91.0 Å². The summed E-state index contributed by atoms with van der Waals surface area (Å²) < 4.78 is 27.1. The van der Waals surface area contributed by atoms with Crippen LogP contribution >= 0.6 is 0 Å². The van der Waals surface area contributed by atoms with Gasteiger partial charge in [0.05, 0.1) is 19.2 Å². The molecule has 0 spiro atoms. The molecule has 1 aromatic heterocycles. The van der Waals surface area contributed by atoms with Gasteiger partial charge in [-0.15, -0.1) is 0 Å². The Labute approximate surface area is 248 Å². The van der Waals surface area contributed by atoms with Crippen LogP contribution < -0.4 is 9.47 Å². The first-order valence-corrected chi connectivity index (χ1v) is 15.2. The molecule has 2 aromatic carbocycles. The summed E-state index contributed by atoms with van der Waals surface area (Å²) in [6.45, 7) is 11.2. The number of methoxy groups -OCH3 is 1. The molecule has 1 saturated carbocycles. The van der Waals surface area contributed by atoms with Gasteiger partial charge in [-0.05, 0) is 99.1 Å². The number of aromatic nitrogens is 1. The smallest absolute Gasteiger partial charge is 0.306 e. The Morgan fingerprint density at radius 3 is 2.43 bits per heavy atom. The monoisotopic (exact) mass is 574 g/mol. The lowest BCUT2D eigenvalue weighted by molar-refractivity contribution is -0.142. The van der Waals surface area contributed by atoms with Gasteiger partial charge >= 0.3 is 5.97 Å². The van der Waals surface area contributed by atoms with Gasteiger partial charge in [-0.3, -0.25) is 9.69 Å². The number of nitrogens with zero attached hydrogens (tertiary/aromatic N) is 2. The summed E-state index contributed by atoms with van der Waals surface area (Å²) in [5.41, 5.74) is 5.56. The van der Waals surface area contributed by atoms with E-state index < -0.39 is 11.9 Å². The van der Waals surface area contributed by atoms with Gasteiger partial charge in [0.15, 0.2) is 0 Å². The van der Waals surface area contributed by atoms with E-state index in [0.717, 1.165) is 59.3 Å². The van der Waals surface area contributed by atoms with Crippen molar-refractivity contribution in [1.29, 1.82) is 0 Å². The van der Waals surface area contributed by atoms with Gasteiger partial charge in [-0.25, -0.2) is 9.37 Å². The summed E-state index contributed by atoms with van der Waals surface area (Å²) in [6.07, 6.45) is 4.92. The van der Waals surface area contributed by atoms with Crippen LogP contribution in [0.3, 0.4) is 0 Å².